The Labute approximate surface area is 127 Å². The molecule has 1 fully saturated rings. The first-order valence-electron chi connectivity index (χ1n) is 7.82. The Hall–Kier alpha value is -1.26. The van der Waals surface area contributed by atoms with Gasteiger partial charge in [-0.2, -0.15) is 0 Å². The van der Waals surface area contributed by atoms with Gasteiger partial charge in [0.05, 0.1) is 7.11 Å². The van der Waals surface area contributed by atoms with Crippen molar-refractivity contribution in [2.75, 3.05) is 20.2 Å². The summed E-state index contributed by atoms with van der Waals surface area (Å²) in [7, 11) is 1.46. The van der Waals surface area contributed by atoms with Crippen LogP contribution in [-0.4, -0.2) is 31.7 Å². The van der Waals surface area contributed by atoms with E-state index in [9.17, 15) is 4.79 Å². The van der Waals surface area contributed by atoms with E-state index in [2.05, 4.69) is 36.1 Å². The predicted molar refractivity (Wildman–Crippen MR) is 82.7 cm³/mol. The fraction of sp³-hybridized carbons (Fsp3) is 0.933. The third kappa shape index (κ3) is 4.35. The van der Waals surface area contributed by atoms with E-state index in [-0.39, 0.29) is 11.9 Å². The Kier molecular flexibility index (Phi) is 6.99. The van der Waals surface area contributed by atoms with Gasteiger partial charge in [0, 0.05) is 11.5 Å². The van der Waals surface area contributed by atoms with Crippen LogP contribution in [0.3, 0.4) is 0 Å². The second-order valence-corrected chi connectivity index (χ2v) is 6.43. The lowest BCUT2D eigenvalue weighted by molar-refractivity contribution is -0.155. The van der Waals surface area contributed by atoms with Crippen molar-refractivity contribution in [3.8, 4) is 0 Å². The molecule has 0 saturated heterocycles. The quantitative estimate of drug-likeness (QED) is 0.257. The molecule has 0 aromatic rings. The number of ether oxygens (including phenoxy) is 1. The van der Waals surface area contributed by atoms with E-state index in [0.29, 0.717) is 24.9 Å². The SMILES string of the molecule is COC(=O)C1(NCCCN=[N+]=[N-])CC(C)CCC1C(C)C. The highest BCUT2D eigenvalue weighted by Crippen LogP contribution is 2.41. The van der Waals surface area contributed by atoms with Gasteiger partial charge in [-0.1, -0.05) is 32.3 Å². The van der Waals surface area contributed by atoms with Crippen molar-refractivity contribution in [3.63, 3.8) is 0 Å². The largest absolute Gasteiger partial charge is 0.468 e. The van der Waals surface area contributed by atoms with E-state index in [1.807, 2.05) is 0 Å². The zero-order valence-electron chi connectivity index (χ0n) is 13.6. The van der Waals surface area contributed by atoms with Gasteiger partial charge in [-0.25, -0.2) is 0 Å². The van der Waals surface area contributed by atoms with Crippen molar-refractivity contribution in [1.82, 2.24) is 5.32 Å². The Bertz CT molecular complexity index is 393. The molecule has 0 spiro atoms. The van der Waals surface area contributed by atoms with Gasteiger partial charge in [-0.05, 0) is 49.1 Å². The maximum absolute atomic E-state index is 12.5. The number of esters is 1. The van der Waals surface area contributed by atoms with Crippen molar-refractivity contribution in [3.05, 3.63) is 10.4 Å². The molecule has 1 N–H and O–H groups in total. The van der Waals surface area contributed by atoms with Crippen LogP contribution < -0.4 is 5.32 Å². The highest BCUT2D eigenvalue weighted by Gasteiger charge is 2.50. The number of carbonyl (C=O) groups is 1. The summed E-state index contributed by atoms with van der Waals surface area (Å²) in [5.74, 6) is 1.04. The van der Waals surface area contributed by atoms with Crippen LogP contribution >= 0.6 is 0 Å². The van der Waals surface area contributed by atoms with Gasteiger partial charge in [0.2, 0.25) is 0 Å². The molecular formula is C15H28N4O2. The Balaban J connectivity index is 2.87. The van der Waals surface area contributed by atoms with Gasteiger partial charge < -0.3 is 10.1 Å². The molecule has 0 amide bonds. The van der Waals surface area contributed by atoms with Crippen LogP contribution in [0.25, 0.3) is 10.4 Å². The number of methoxy groups -OCH3 is 1. The summed E-state index contributed by atoms with van der Waals surface area (Å²) >= 11 is 0. The van der Waals surface area contributed by atoms with E-state index in [4.69, 9.17) is 10.3 Å². The first-order valence-corrected chi connectivity index (χ1v) is 7.82. The molecule has 120 valence electrons. The summed E-state index contributed by atoms with van der Waals surface area (Å²) in [5.41, 5.74) is 7.70. The van der Waals surface area contributed by atoms with Gasteiger partial charge in [-0.3, -0.25) is 4.79 Å². The smallest absolute Gasteiger partial charge is 0.326 e. The Morgan fingerprint density at radius 1 is 1.52 bits per heavy atom. The molecular weight excluding hydrogens is 268 g/mol. The number of nitrogens with one attached hydrogen (secondary N) is 1. The van der Waals surface area contributed by atoms with Crippen LogP contribution in [0.2, 0.25) is 0 Å². The second kappa shape index (κ2) is 8.25. The average Bonchev–Trinajstić information content (AvgIpc) is 2.45. The minimum Gasteiger partial charge on any atom is -0.468 e. The number of nitrogens with zero attached hydrogens (tertiary/aromatic N) is 3. The summed E-state index contributed by atoms with van der Waals surface area (Å²) in [6.07, 6.45) is 3.73. The third-order valence-electron chi connectivity index (χ3n) is 4.57. The summed E-state index contributed by atoms with van der Waals surface area (Å²) in [4.78, 5) is 15.3. The van der Waals surface area contributed by atoms with Crippen molar-refractivity contribution in [2.24, 2.45) is 22.9 Å². The molecule has 6 nitrogen and oxygen atoms in total. The molecule has 0 aromatic carbocycles. The lowest BCUT2D eigenvalue weighted by atomic mass is 9.64. The van der Waals surface area contributed by atoms with Gasteiger partial charge in [0.25, 0.3) is 0 Å². The number of rotatable bonds is 7. The highest BCUT2D eigenvalue weighted by atomic mass is 16.5. The summed E-state index contributed by atoms with van der Waals surface area (Å²) in [5, 5.41) is 6.98. The first kappa shape index (κ1) is 17.8. The molecule has 0 aliphatic heterocycles. The number of azide groups is 1. The van der Waals surface area contributed by atoms with E-state index in [1.165, 1.54) is 7.11 Å². The predicted octanol–water partition coefficient (Wildman–Crippen LogP) is 3.28. The molecule has 1 aliphatic rings. The molecule has 3 unspecified atom stereocenters. The molecule has 0 radical (unpaired) electrons. The molecule has 0 bridgehead atoms. The summed E-state index contributed by atoms with van der Waals surface area (Å²) < 4.78 is 5.12. The molecule has 1 saturated carbocycles. The molecule has 3 atom stereocenters. The second-order valence-electron chi connectivity index (χ2n) is 6.43. The van der Waals surface area contributed by atoms with Crippen LogP contribution in [0, 0.1) is 17.8 Å². The van der Waals surface area contributed by atoms with Crippen molar-refractivity contribution in [1.29, 1.82) is 0 Å². The lowest BCUT2D eigenvalue weighted by Gasteiger charge is -2.46. The van der Waals surface area contributed by atoms with Crippen molar-refractivity contribution in [2.45, 2.75) is 52.0 Å². The van der Waals surface area contributed by atoms with Crippen LogP contribution in [0.4, 0.5) is 0 Å². The first-order chi connectivity index (χ1) is 9.97. The molecule has 1 rings (SSSR count). The molecule has 21 heavy (non-hydrogen) atoms. The maximum atomic E-state index is 12.5. The van der Waals surface area contributed by atoms with Gasteiger partial charge in [-0.15, -0.1) is 0 Å². The normalized spacial score (nSPS) is 29.0. The van der Waals surface area contributed by atoms with Gasteiger partial charge >= 0.3 is 5.97 Å². The fourth-order valence-corrected chi connectivity index (χ4v) is 3.61. The van der Waals surface area contributed by atoms with E-state index < -0.39 is 5.54 Å². The molecule has 0 heterocycles. The Morgan fingerprint density at radius 2 is 2.24 bits per heavy atom. The topological polar surface area (TPSA) is 87.1 Å². The molecule has 1 aliphatic carbocycles. The summed E-state index contributed by atoms with van der Waals surface area (Å²) in [6, 6.07) is 0. The van der Waals surface area contributed by atoms with E-state index >= 15 is 0 Å². The monoisotopic (exact) mass is 296 g/mol. The van der Waals surface area contributed by atoms with Gasteiger partial charge in [0.1, 0.15) is 5.54 Å². The van der Waals surface area contributed by atoms with Gasteiger partial charge in [0.15, 0.2) is 0 Å². The number of hydrogen-bond acceptors (Lipinski definition) is 4. The average molecular weight is 296 g/mol. The number of carbonyl (C=O) groups excluding carboxylic acids is 1. The highest BCUT2D eigenvalue weighted by molar-refractivity contribution is 5.81. The minimum absolute atomic E-state index is 0.156. The summed E-state index contributed by atoms with van der Waals surface area (Å²) in [6.45, 7) is 7.63. The minimum atomic E-state index is -0.600. The van der Waals surface area contributed by atoms with Crippen LogP contribution in [0.5, 0.6) is 0 Å². The van der Waals surface area contributed by atoms with Crippen molar-refractivity contribution < 1.29 is 9.53 Å². The van der Waals surface area contributed by atoms with Crippen LogP contribution in [0.1, 0.15) is 46.5 Å². The fourth-order valence-electron chi connectivity index (χ4n) is 3.61. The van der Waals surface area contributed by atoms with Crippen molar-refractivity contribution >= 4 is 5.97 Å². The number of hydrogen-bond donors (Lipinski definition) is 1. The maximum Gasteiger partial charge on any atom is 0.326 e. The van der Waals surface area contributed by atoms with Crippen LogP contribution in [-0.2, 0) is 9.53 Å². The van der Waals surface area contributed by atoms with Crippen LogP contribution in [0.15, 0.2) is 5.11 Å². The standard InChI is InChI=1S/C15H28N4O2/c1-11(2)13-7-6-12(3)10-15(13,14(20)21-4)17-8-5-9-18-19-16/h11-13,17H,5-10H2,1-4H3. The third-order valence-corrected chi connectivity index (χ3v) is 4.57. The van der Waals surface area contributed by atoms with E-state index in [0.717, 1.165) is 25.7 Å². The Morgan fingerprint density at radius 3 is 2.81 bits per heavy atom. The molecule has 0 aromatic heterocycles. The van der Waals surface area contributed by atoms with E-state index in [1.54, 1.807) is 0 Å². The lowest BCUT2D eigenvalue weighted by Crippen LogP contribution is -2.62. The molecule has 6 heteroatoms. The zero-order chi connectivity index (χ0) is 15.9. The zero-order valence-corrected chi connectivity index (χ0v) is 13.6.